The Morgan fingerprint density at radius 3 is 2.72 bits per heavy atom. The largest absolute Gasteiger partial charge is 0.312 e. The van der Waals surface area contributed by atoms with Crippen molar-refractivity contribution in [2.45, 2.75) is 31.1 Å². The van der Waals surface area contributed by atoms with Gasteiger partial charge in [-0.2, -0.15) is 0 Å². The standard InChI is InChI=1S/C18H19BrN2O3S/c1-2-18(22)21-11-5-6-13-12-14(9-10-16(13)21)20-25(23,24)17-8-4-3-7-15(17)19/h3-4,7-10,12,20H,2,5-6,11H2,1H3. The van der Waals surface area contributed by atoms with Crippen molar-refractivity contribution >= 4 is 43.2 Å². The number of nitrogens with zero attached hydrogens (tertiary/aromatic N) is 1. The van der Waals surface area contributed by atoms with Crippen molar-refractivity contribution in [3.8, 4) is 0 Å². The van der Waals surface area contributed by atoms with Crippen LogP contribution in [0.3, 0.4) is 0 Å². The van der Waals surface area contributed by atoms with E-state index in [1.165, 1.54) is 0 Å². The molecule has 0 saturated heterocycles. The molecule has 2 aromatic rings. The Bertz CT molecular complexity index is 912. The zero-order chi connectivity index (χ0) is 18.0. The van der Waals surface area contributed by atoms with E-state index < -0.39 is 10.0 Å². The number of hydrogen-bond acceptors (Lipinski definition) is 3. The second-order valence-corrected chi connectivity index (χ2v) is 8.39. The summed E-state index contributed by atoms with van der Waals surface area (Å²) < 4.78 is 28.3. The van der Waals surface area contributed by atoms with Crippen molar-refractivity contribution in [2.24, 2.45) is 0 Å². The Balaban J connectivity index is 1.90. The lowest BCUT2D eigenvalue weighted by Crippen LogP contribution is -2.34. The Morgan fingerprint density at radius 1 is 1.24 bits per heavy atom. The second kappa shape index (κ2) is 7.17. The molecule has 132 valence electrons. The first-order valence-electron chi connectivity index (χ1n) is 8.13. The molecule has 1 aliphatic heterocycles. The number of rotatable bonds is 4. The molecule has 0 fully saturated rings. The predicted octanol–water partition coefficient (Wildman–Crippen LogP) is 3.94. The van der Waals surface area contributed by atoms with Crippen LogP contribution in [0.15, 0.2) is 51.8 Å². The maximum absolute atomic E-state index is 12.6. The molecule has 0 aliphatic carbocycles. The molecule has 5 nitrogen and oxygen atoms in total. The van der Waals surface area contributed by atoms with Gasteiger partial charge in [-0.15, -0.1) is 0 Å². The van der Waals surface area contributed by atoms with Gasteiger partial charge in [0, 0.05) is 28.8 Å². The molecular formula is C18H19BrN2O3S. The van der Waals surface area contributed by atoms with Gasteiger partial charge in [-0.25, -0.2) is 8.42 Å². The molecule has 1 heterocycles. The summed E-state index contributed by atoms with van der Waals surface area (Å²) in [5.74, 6) is 0.0856. The number of sulfonamides is 1. The maximum atomic E-state index is 12.6. The topological polar surface area (TPSA) is 66.5 Å². The van der Waals surface area contributed by atoms with Gasteiger partial charge in [0.25, 0.3) is 10.0 Å². The minimum atomic E-state index is -3.68. The highest BCUT2D eigenvalue weighted by atomic mass is 79.9. The average Bonchev–Trinajstić information content (AvgIpc) is 2.60. The van der Waals surface area contributed by atoms with Gasteiger partial charge in [0.1, 0.15) is 4.90 Å². The molecule has 2 aromatic carbocycles. The van der Waals surface area contributed by atoms with E-state index in [-0.39, 0.29) is 10.8 Å². The lowest BCUT2D eigenvalue weighted by atomic mass is 10.0. The van der Waals surface area contributed by atoms with Crippen LogP contribution in [0.1, 0.15) is 25.3 Å². The van der Waals surface area contributed by atoms with Crippen molar-refractivity contribution in [3.63, 3.8) is 0 Å². The minimum Gasteiger partial charge on any atom is -0.312 e. The van der Waals surface area contributed by atoms with Crippen LogP contribution in [0.5, 0.6) is 0 Å². The van der Waals surface area contributed by atoms with E-state index in [0.29, 0.717) is 23.1 Å². The number of amides is 1. The van der Waals surface area contributed by atoms with E-state index in [9.17, 15) is 13.2 Å². The number of fused-ring (bicyclic) bond motifs is 1. The Labute approximate surface area is 156 Å². The van der Waals surface area contributed by atoms with Gasteiger partial charge in [0.15, 0.2) is 0 Å². The van der Waals surface area contributed by atoms with Crippen LogP contribution in [0.4, 0.5) is 11.4 Å². The number of benzene rings is 2. The summed E-state index contributed by atoms with van der Waals surface area (Å²) in [5.41, 5.74) is 2.36. The summed E-state index contributed by atoms with van der Waals surface area (Å²) in [6.07, 6.45) is 2.16. The molecule has 1 amide bonds. The smallest absolute Gasteiger partial charge is 0.263 e. The van der Waals surface area contributed by atoms with Crippen LogP contribution in [0, 0.1) is 0 Å². The molecule has 7 heteroatoms. The SMILES string of the molecule is CCC(=O)N1CCCc2cc(NS(=O)(=O)c3ccccc3Br)ccc21. The van der Waals surface area contributed by atoms with Crippen molar-refractivity contribution in [1.29, 1.82) is 0 Å². The van der Waals surface area contributed by atoms with Crippen LogP contribution in [-0.2, 0) is 21.2 Å². The number of nitrogens with one attached hydrogen (secondary N) is 1. The summed E-state index contributed by atoms with van der Waals surface area (Å²) in [4.78, 5) is 14.0. The van der Waals surface area contributed by atoms with Gasteiger partial charge >= 0.3 is 0 Å². The van der Waals surface area contributed by atoms with Crippen LogP contribution in [0.25, 0.3) is 0 Å². The molecular weight excluding hydrogens is 404 g/mol. The molecule has 0 unspecified atom stereocenters. The molecule has 1 N–H and O–H groups in total. The molecule has 1 aliphatic rings. The fourth-order valence-electron chi connectivity index (χ4n) is 2.98. The summed E-state index contributed by atoms with van der Waals surface area (Å²) in [7, 11) is -3.68. The molecule has 0 atom stereocenters. The first kappa shape index (κ1) is 17.9. The monoisotopic (exact) mass is 422 g/mol. The van der Waals surface area contributed by atoms with Gasteiger partial charge in [-0.3, -0.25) is 9.52 Å². The normalized spacial score (nSPS) is 14.1. The fraction of sp³-hybridized carbons (Fsp3) is 0.278. The van der Waals surface area contributed by atoms with Gasteiger partial charge in [0.2, 0.25) is 5.91 Å². The molecule has 0 bridgehead atoms. The van der Waals surface area contributed by atoms with E-state index in [1.54, 1.807) is 35.2 Å². The van der Waals surface area contributed by atoms with E-state index in [0.717, 1.165) is 24.1 Å². The van der Waals surface area contributed by atoms with Crippen molar-refractivity contribution in [1.82, 2.24) is 0 Å². The summed E-state index contributed by atoms with van der Waals surface area (Å²) in [5, 5.41) is 0. The third kappa shape index (κ3) is 3.72. The number of hydrogen-bond donors (Lipinski definition) is 1. The highest BCUT2D eigenvalue weighted by molar-refractivity contribution is 9.10. The molecule has 0 radical (unpaired) electrons. The van der Waals surface area contributed by atoms with Gasteiger partial charge < -0.3 is 4.90 Å². The number of carbonyl (C=O) groups is 1. The van der Waals surface area contributed by atoms with E-state index in [2.05, 4.69) is 20.7 Å². The van der Waals surface area contributed by atoms with Gasteiger partial charge in [-0.1, -0.05) is 19.1 Å². The summed E-state index contributed by atoms with van der Waals surface area (Å²) in [6.45, 7) is 2.55. The fourth-order valence-corrected chi connectivity index (χ4v) is 5.04. The predicted molar refractivity (Wildman–Crippen MR) is 102 cm³/mol. The second-order valence-electron chi connectivity index (χ2n) is 5.88. The lowest BCUT2D eigenvalue weighted by Gasteiger charge is -2.29. The average molecular weight is 423 g/mol. The van der Waals surface area contributed by atoms with Crippen molar-refractivity contribution in [2.75, 3.05) is 16.2 Å². The first-order valence-corrected chi connectivity index (χ1v) is 10.4. The molecule has 3 rings (SSSR count). The van der Waals surface area contributed by atoms with Crippen molar-refractivity contribution in [3.05, 3.63) is 52.5 Å². The van der Waals surface area contributed by atoms with Crippen LogP contribution in [0.2, 0.25) is 0 Å². The van der Waals surface area contributed by atoms with Crippen LogP contribution >= 0.6 is 15.9 Å². The summed E-state index contributed by atoms with van der Waals surface area (Å²) in [6, 6.07) is 12.0. The third-order valence-corrected chi connectivity index (χ3v) is 6.57. The maximum Gasteiger partial charge on any atom is 0.263 e. The number of anilines is 2. The van der Waals surface area contributed by atoms with Crippen molar-refractivity contribution < 1.29 is 13.2 Å². The Kier molecular flexibility index (Phi) is 5.15. The Morgan fingerprint density at radius 2 is 2.00 bits per heavy atom. The number of aryl methyl sites for hydroxylation is 1. The van der Waals surface area contributed by atoms with Gasteiger partial charge in [-0.05, 0) is 64.7 Å². The van der Waals surface area contributed by atoms with Gasteiger partial charge in [0.05, 0.1) is 0 Å². The molecule has 0 spiro atoms. The summed E-state index contributed by atoms with van der Waals surface area (Å²) >= 11 is 3.27. The zero-order valence-electron chi connectivity index (χ0n) is 13.8. The lowest BCUT2D eigenvalue weighted by molar-refractivity contribution is -0.118. The highest BCUT2D eigenvalue weighted by Gasteiger charge is 2.23. The quantitative estimate of drug-likeness (QED) is 0.810. The van der Waals surface area contributed by atoms with E-state index in [1.807, 2.05) is 19.1 Å². The number of halogens is 1. The third-order valence-electron chi connectivity index (χ3n) is 4.18. The molecule has 0 saturated carbocycles. The van der Waals surface area contributed by atoms with Crippen LogP contribution < -0.4 is 9.62 Å². The van der Waals surface area contributed by atoms with E-state index in [4.69, 9.17) is 0 Å². The Hall–Kier alpha value is -1.86. The highest BCUT2D eigenvalue weighted by Crippen LogP contribution is 2.31. The minimum absolute atomic E-state index is 0.0856. The van der Waals surface area contributed by atoms with E-state index >= 15 is 0 Å². The van der Waals surface area contributed by atoms with Crippen LogP contribution in [-0.4, -0.2) is 20.9 Å². The molecule has 0 aromatic heterocycles. The zero-order valence-corrected chi connectivity index (χ0v) is 16.2. The molecule has 25 heavy (non-hydrogen) atoms. The first-order chi connectivity index (χ1) is 11.9. The number of carbonyl (C=O) groups excluding carboxylic acids is 1.